The smallest absolute Gasteiger partial charge is 0.317 e. The van der Waals surface area contributed by atoms with Crippen LogP contribution in [-0.2, 0) is 11.2 Å². The number of aliphatic carboxylic acids is 1. The Morgan fingerprint density at radius 1 is 1.63 bits per heavy atom. The fraction of sp³-hybridized carbons (Fsp3) is 0.583. The van der Waals surface area contributed by atoms with Crippen LogP contribution in [0.15, 0.2) is 10.9 Å². The van der Waals surface area contributed by atoms with Gasteiger partial charge in [0.1, 0.15) is 0 Å². The van der Waals surface area contributed by atoms with Gasteiger partial charge in [0, 0.05) is 37.4 Å². The summed E-state index contributed by atoms with van der Waals surface area (Å²) in [5.41, 5.74) is 2.75. The van der Waals surface area contributed by atoms with Crippen molar-refractivity contribution in [1.82, 2.24) is 15.2 Å². The lowest BCUT2D eigenvalue weighted by atomic mass is 9.87. The number of hydrogen-bond acceptors (Lipinski definition) is 4. The second kappa shape index (κ2) is 6.01. The van der Waals surface area contributed by atoms with Crippen LogP contribution >= 0.6 is 11.3 Å². The number of nitrogens with zero attached hydrogens (tertiary/aromatic N) is 2. The maximum atomic E-state index is 11.7. The molecule has 1 aliphatic rings. The lowest BCUT2D eigenvalue weighted by molar-refractivity contribution is -0.144. The summed E-state index contributed by atoms with van der Waals surface area (Å²) < 4.78 is 0. The van der Waals surface area contributed by atoms with E-state index in [9.17, 15) is 9.59 Å². The summed E-state index contributed by atoms with van der Waals surface area (Å²) >= 11 is 1.54. The van der Waals surface area contributed by atoms with Crippen LogP contribution in [-0.4, -0.2) is 46.6 Å². The van der Waals surface area contributed by atoms with Crippen molar-refractivity contribution in [2.24, 2.45) is 11.8 Å². The van der Waals surface area contributed by atoms with Gasteiger partial charge in [0.2, 0.25) is 0 Å². The van der Waals surface area contributed by atoms with Gasteiger partial charge in [-0.1, -0.05) is 6.92 Å². The van der Waals surface area contributed by atoms with Gasteiger partial charge < -0.3 is 15.3 Å². The molecule has 1 aromatic heterocycles. The Balaban J connectivity index is 1.65. The quantitative estimate of drug-likeness (QED) is 0.846. The van der Waals surface area contributed by atoms with E-state index in [0.717, 1.165) is 12.1 Å². The highest BCUT2D eigenvalue weighted by Crippen LogP contribution is 2.23. The minimum Gasteiger partial charge on any atom is -0.481 e. The Hall–Kier alpha value is -1.63. The molecule has 1 aliphatic heterocycles. The van der Waals surface area contributed by atoms with Gasteiger partial charge >= 0.3 is 12.0 Å². The maximum Gasteiger partial charge on any atom is 0.317 e. The highest BCUT2D eigenvalue weighted by molar-refractivity contribution is 7.07. The molecule has 104 valence electrons. The first-order valence-corrected chi connectivity index (χ1v) is 7.15. The highest BCUT2D eigenvalue weighted by Gasteiger charge is 2.36. The minimum atomic E-state index is -0.798. The monoisotopic (exact) mass is 283 g/mol. The molecule has 1 aromatic rings. The first-order valence-electron chi connectivity index (χ1n) is 6.20. The second-order valence-electron chi connectivity index (χ2n) is 4.75. The zero-order valence-electron chi connectivity index (χ0n) is 10.7. The predicted molar refractivity (Wildman–Crippen MR) is 71.1 cm³/mol. The third-order valence-corrected chi connectivity index (χ3v) is 4.07. The van der Waals surface area contributed by atoms with Crippen LogP contribution in [0.1, 0.15) is 12.6 Å². The molecule has 2 N–H and O–H groups in total. The fourth-order valence-electron chi connectivity index (χ4n) is 1.97. The van der Waals surface area contributed by atoms with Crippen molar-refractivity contribution >= 4 is 23.3 Å². The Kier molecular flexibility index (Phi) is 4.36. The van der Waals surface area contributed by atoms with Gasteiger partial charge in [-0.25, -0.2) is 9.78 Å². The first-order chi connectivity index (χ1) is 9.08. The summed E-state index contributed by atoms with van der Waals surface area (Å²) in [4.78, 5) is 28.3. The Bertz CT molecular complexity index is 443. The summed E-state index contributed by atoms with van der Waals surface area (Å²) in [6, 6.07) is -0.121. The third kappa shape index (κ3) is 3.44. The van der Waals surface area contributed by atoms with E-state index in [1.54, 1.807) is 17.3 Å². The molecule has 1 atom stereocenters. The molecular weight excluding hydrogens is 266 g/mol. The van der Waals surface area contributed by atoms with Crippen molar-refractivity contribution in [1.29, 1.82) is 0 Å². The summed E-state index contributed by atoms with van der Waals surface area (Å²) in [6.45, 7) is 3.29. The topological polar surface area (TPSA) is 82.5 Å². The number of urea groups is 1. The molecule has 0 aromatic carbocycles. The SMILES string of the molecule is CC(C(=O)O)C1CN(C(=O)NCCc2cscn2)C1. The molecule has 7 heteroatoms. The van der Waals surface area contributed by atoms with Crippen LogP contribution in [0.2, 0.25) is 0 Å². The third-order valence-electron chi connectivity index (χ3n) is 3.43. The molecule has 0 radical (unpaired) electrons. The Morgan fingerprint density at radius 2 is 2.37 bits per heavy atom. The van der Waals surface area contributed by atoms with E-state index in [1.807, 2.05) is 5.38 Å². The molecule has 0 saturated carbocycles. The van der Waals surface area contributed by atoms with E-state index in [-0.39, 0.29) is 17.9 Å². The molecule has 6 nitrogen and oxygen atoms in total. The molecule has 2 amide bonds. The van der Waals surface area contributed by atoms with Crippen molar-refractivity contribution in [3.05, 3.63) is 16.6 Å². The number of carboxylic acid groups (broad SMARTS) is 1. The van der Waals surface area contributed by atoms with Crippen molar-refractivity contribution in [3.8, 4) is 0 Å². The zero-order chi connectivity index (χ0) is 13.8. The average molecular weight is 283 g/mol. The maximum absolute atomic E-state index is 11.7. The van der Waals surface area contributed by atoms with E-state index in [1.165, 1.54) is 11.3 Å². The van der Waals surface area contributed by atoms with Crippen LogP contribution in [0.3, 0.4) is 0 Å². The summed E-state index contributed by atoms with van der Waals surface area (Å²) in [7, 11) is 0. The van der Waals surface area contributed by atoms with Gasteiger partial charge in [-0.3, -0.25) is 4.79 Å². The van der Waals surface area contributed by atoms with Crippen molar-refractivity contribution in [2.45, 2.75) is 13.3 Å². The van der Waals surface area contributed by atoms with Gasteiger partial charge in [-0.15, -0.1) is 11.3 Å². The van der Waals surface area contributed by atoms with Crippen LogP contribution in [0.5, 0.6) is 0 Å². The second-order valence-corrected chi connectivity index (χ2v) is 5.47. The van der Waals surface area contributed by atoms with E-state index < -0.39 is 5.97 Å². The van der Waals surface area contributed by atoms with Crippen LogP contribution < -0.4 is 5.32 Å². The number of aromatic nitrogens is 1. The number of carboxylic acids is 1. The minimum absolute atomic E-state index is 0.0711. The molecular formula is C12H17N3O3S. The predicted octanol–water partition coefficient (Wildman–Crippen LogP) is 1.05. The average Bonchev–Trinajstić information content (AvgIpc) is 2.79. The number of nitrogens with one attached hydrogen (secondary N) is 1. The van der Waals surface area contributed by atoms with E-state index in [2.05, 4.69) is 10.3 Å². The van der Waals surface area contributed by atoms with Crippen molar-refractivity contribution < 1.29 is 14.7 Å². The summed E-state index contributed by atoms with van der Waals surface area (Å²) in [5.74, 6) is -1.12. The number of rotatable bonds is 5. The lowest BCUT2D eigenvalue weighted by Crippen LogP contribution is -2.56. The van der Waals surface area contributed by atoms with E-state index in [0.29, 0.717) is 19.6 Å². The number of likely N-dealkylation sites (tertiary alicyclic amines) is 1. The first kappa shape index (κ1) is 13.8. The summed E-state index contributed by atoms with van der Waals surface area (Å²) in [5, 5.41) is 13.6. The zero-order valence-corrected chi connectivity index (χ0v) is 11.5. The van der Waals surface area contributed by atoms with Gasteiger partial charge in [0.25, 0.3) is 0 Å². The molecule has 0 aliphatic carbocycles. The fourth-order valence-corrected chi connectivity index (χ4v) is 2.56. The molecule has 1 fully saturated rings. The van der Waals surface area contributed by atoms with Crippen molar-refractivity contribution in [2.75, 3.05) is 19.6 Å². The number of carbonyl (C=O) groups excluding carboxylic acids is 1. The highest BCUT2D eigenvalue weighted by atomic mass is 32.1. The number of carbonyl (C=O) groups is 2. The molecule has 2 heterocycles. The van der Waals surface area contributed by atoms with Crippen molar-refractivity contribution in [3.63, 3.8) is 0 Å². The Morgan fingerprint density at radius 3 is 2.95 bits per heavy atom. The van der Waals surface area contributed by atoms with Gasteiger partial charge in [0.05, 0.1) is 17.1 Å². The van der Waals surface area contributed by atoms with Crippen LogP contribution in [0.25, 0.3) is 0 Å². The molecule has 0 bridgehead atoms. The van der Waals surface area contributed by atoms with E-state index >= 15 is 0 Å². The van der Waals surface area contributed by atoms with E-state index in [4.69, 9.17) is 5.11 Å². The molecule has 2 rings (SSSR count). The van der Waals surface area contributed by atoms with Gasteiger partial charge in [-0.2, -0.15) is 0 Å². The Labute approximate surface area is 115 Å². The number of hydrogen-bond donors (Lipinski definition) is 2. The number of thiazole rings is 1. The van der Waals surface area contributed by atoms with Crippen LogP contribution in [0.4, 0.5) is 4.79 Å². The lowest BCUT2D eigenvalue weighted by Gasteiger charge is -2.41. The summed E-state index contributed by atoms with van der Waals surface area (Å²) in [6.07, 6.45) is 0.720. The largest absolute Gasteiger partial charge is 0.481 e. The standard InChI is InChI=1S/C12H17N3O3S/c1-8(11(16)17)9-4-15(5-9)12(18)13-3-2-10-6-19-7-14-10/h6-9H,2-5H2,1H3,(H,13,18)(H,16,17). The molecule has 1 unspecified atom stereocenters. The molecule has 19 heavy (non-hydrogen) atoms. The molecule has 1 saturated heterocycles. The molecule has 0 spiro atoms. The van der Waals surface area contributed by atoms with Gasteiger partial charge in [-0.05, 0) is 0 Å². The van der Waals surface area contributed by atoms with Gasteiger partial charge in [0.15, 0.2) is 0 Å². The number of amides is 2. The normalized spacial score (nSPS) is 16.8. The van der Waals surface area contributed by atoms with Crippen LogP contribution in [0, 0.1) is 11.8 Å².